The minimum absolute atomic E-state index is 0.109. The Kier molecular flexibility index (Phi) is 8.06. The van der Waals surface area contributed by atoms with Crippen LogP contribution >= 0.6 is 11.6 Å². The third-order valence-corrected chi connectivity index (χ3v) is 4.78. The molecule has 3 rings (SSSR count). The van der Waals surface area contributed by atoms with Crippen LogP contribution in [0, 0.1) is 0 Å². The number of anilines is 1. The Morgan fingerprint density at radius 2 is 1.77 bits per heavy atom. The number of amides is 2. The number of carbonyl (C=O) groups excluding carboxylic acids is 2. The zero-order valence-electron chi connectivity index (χ0n) is 17.2. The minimum atomic E-state index is -0.109. The van der Waals surface area contributed by atoms with Crippen molar-refractivity contribution in [2.24, 2.45) is 0 Å². The van der Waals surface area contributed by atoms with Gasteiger partial charge in [0.05, 0.1) is 13.3 Å². The minimum Gasteiger partial charge on any atom is -0.497 e. The number of hydrogen-bond donors (Lipinski definition) is 2. The fraction of sp³-hybridized carbons (Fsp3) is 0.261. The Bertz CT molecular complexity index is 1000. The van der Waals surface area contributed by atoms with Crippen LogP contribution in [-0.4, -0.2) is 30.5 Å². The van der Waals surface area contributed by atoms with E-state index in [1.807, 2.05) is 24.3 Å². The fourth-order valence-corrected chi connectivity index (χ4v) is 2.98. The largest absolute Gasteiger partial charge is 0.497 e. The summed E-state index contributed by atoms with van der Waals surface area (Å²) in [5.41, 5.74) is 1.58. The van der Waals surface area contributed by atoms with Crippen molar-refractivity contribution in [3.63, 3.8) is 0 Å². The molecule has 0 spiro atoms. The van der Waals surface area contributed by atoms with Gasteiger partial charge in [0, 0.05) is 42.1 Å². The quantitative estimate of drug-likeness (QED) is 0.453. The van der Waals surface area contributed by atoms with Crippen LogP contribution in [0.1, 0.15) is 25.2 Å². The van der Waals surface area contributed by atoms with E-state index in [0.29, 0.717) is 48.2 Å². The van der Waals surface area contributed by atoms with Gasteiger partial charge in [-0.3, -0.25) is 9.59 Å². The maximum Gasteiger partial charge on any atom is 0.224 e. The van der Waals surface area contributed by atoms with Crippen molar-refractivity contribution in [2.75, 3.05) is 19.0 Å². The number of halogens is 1. The molecule has 0 aliphatic heterocycles. The highest BCUT2D eigenvalue weighted by molar-refractivity contribution is 6.30. The van der Waals surface area contributed by atoms with Crippen molar-refractivity contribution in [2.45, 2.75) is 25.7 Å². The van der Waals surface area contributed by atoms with Crippen LogP contribution in [0.5, 0.6) is 5.75 Å². The fourth-order valence-electron chi connectivity index (χ4n) is 2.86. The molecule has 2 N–H and O–H groups in total. The van der Waals surface area contributed by atoms with Gasteiger partial charge in [-0.25, -0.2) is 4.98 Å². The molecule has 31 heavy (non-hydrogen) atoms. The first kappa shape index (κ1) is 22.4. The Hall–Kier alpha value is -3.32. The molecular weight excluding hydrogens is 418 g/mol. The van der Waals surface area contributed by atoms with Crippen molar-refractivity contribution < 1.29 is 18.7 Å². The predicted molar refractivity (Wildman–Crippen MR) is 119 cm³/mol. The summed E-state index contributed by atoms with van der Waals surface area (Å²) < 4.78 is 10.9. The maximum atomic E-state index is 12.0. The highest BCUT2D eigenvalue weighted by Gasteiger charge is 2.10. The second-order valence-electron chi connectivity index (χ2n) is 6.86. The molecule has 0 bridgehead atoms. The number of oxazole rings is 1. The van der Waals surface area contributed by atoms with Crippen molar-refractivity contribution in [1.82, 2.24) is 10.3 Å². The first-order chi connectivity index (χ1) is 15.0. The predicted octanol–water partition coefficient (Wildman–Crippen LogP) is 4.47. The van der Waals surface area contributed by atoms with Crippen LogP contribution in [0.15, 0.2) is 59.1 Å². The van der Waals surface area contributed by atoms with Crippen LogP contribution in [0.3, 0.4) is 0 Å². The Labute approximate surface area is 185 Å². The number of aryl methyl sites for hydroxylation is 1. The van der Waals surface area contributed by atoms with E-state index >= 15 is 0 Å². The third-order valence-electron chi connectivity index (χ3n) is 4.52. The summed E-state index contributed by atoms with van der Waals surface area (Å²) in [7, 11) is 1.61. The average Bonchev–Trinajstić information content (AvgIpc) is 3.26. The summed E-state index contributed by atoms with van der Waals surface area (Å²) >= 11 is 5.82. The number of ether oxygens (including phenoxy) is 1. The molecule has 162 valence electrons. The average molecular weight is 442 g/mol. The molecule has 2 aromatic carbocycles. The lowest BCUT2D eigenvalue weighted by Gasteiger charge is -2.06. The molecule has 0 atom stereocenters. The van der Waals surface area contributed by atoms with Crippen LogP contribution in [0.25, 0.3) is 11.3 Å². The third kappa shape index (κ3) is 7.15. The van der Waals surface area contributed by atoms with E-state index in [9.17, 15) is 9.59 Å². The van der Waals surface area contributed by atoms with E-state index in [2.05, 4.69) is 15.6 Å². The number of hydrogen-bond acceptors (Lipinski definition) is 5. The molecule has 1 heterocycles. The number of benzene rings is 2. The number of nitrogens with zero attached hydrogens (tertiary/aromatic N) is 1. The molecule has 0 unspecified atom stereocenters. The molecule has 1 aromatic heterocycles. The number of carbonyl (C=O) groups is 2. The molecule has 0 aliphatic rings. The van der Waals surface area contributed by atoms with E-state index < -0.39 is 0 Å². The molecule has 0 saturated carbocycles. The van der Waals surface area contributed by atoms with Crippen LogP contribution in [-0.2, 0) is 16.0 Å². The molecular formula is C23H24ClN3O4. The zero-order chi connectivity index (χ0) is 22.1. The summed E-state index contributed by atoms with van der Waals surface area (Å²) in [6, 6.07) is 14.4. The smallest absolute Gasteiger partial charge is 0.224 e. The van der Waals surface area contributed by atoms with Crippen molar-refractivity contribution in [3.8, 4) is 17.1 Å². The Morgan fingerprint density at radius 1 is 1.03 bits per heavy atom. The summed E-state index contributed by atoms with van der Waals surface area (Å²) in [6.45, 7) is 0.426. The van der Waals surface area contributed by atoms with E-state index in [-0.39, 0.29) is 18.2 Å². The summed E-state index contributed by atoms with van der Waals surface area (Å²) in [5.74, 6) is 1.69. The number of aromatic nitrogens is 1. The highest BCUT2D eigenvalue weighted by Crippen LogP contribution is 2.23. The van der Waals surface area contributed by atoms with Gasteiger partial charge in [0.15, 0.2) is 11.7 Å². The van der Waals surface area contributed by atoms with E-state index in [1.165, 1.54) is 0 Å². The normalized spacial score (nSPS) is 10.5. The van der Waals surface area contributed by atoms with E-state index in [1.54, 1.807) is 37.6 Å². The molecule has 3 aromatic rings. The zero-order valence-corrected chi connectivity index (χ0v) is 17.9. The monoisotopic (exact) mass is 441 g/mol. The van der Waals surface area contributed by atoms with Gasteiger partial charge >= 0.3 is 0 Å². The summed E-state index contributed by atoms with van der Waals surface area (Å²) in [4.78, 5) is 28.2. The number of methoxy groups -OCH3 is 1. The maximum absolute atomic E-state index is 12.0. The Balaban J connectivity index is 1.33. The second kappa shape index (κ2) is 11.2. The lowest BCUT2D eigenvalue weighted by Crippen LogP contribution is -2.25. The van der Waals surface area contributed by atoms with Gasteiger partial charge in [-0.15, -0.1) is 0 Å². The van der Waals surface area contributed by atoms with Crippen LogP contribution < -0.4 is 15.4 Å². The molecule has 0 saturated heterocycles. The number of rotatable bonds is 10. The van der Waals surface area contributed by atoms with Gasteiger partial charge < -0.3 is 19.8 Å². The molecule has 2 amide bonds. The lowest BCUT2D eigenvalue weighted by molar-refractivity contribution is -0.121. The van der Waals surface area contributed by atoms with E-state index in [0.717, 1.165) is 11.3 Å². The molecule has 0 fully saturated rings. The summed E-state index contributed by atoms with van der Waals surface area (Å²) in [5, 5.41) is 6.21. The first-order valence-electron chi connectivity index (χ1n) is 9.95. The standard InChI is InChI=1S/C23H24ClN3O4/c1-30-19-10-4-16(5-11-19)20-15-26-23(31-20)13-12-21(28)25-14-2-3-22(29)27-18-8-6-17(24)7-9-18/h4-11,15H,2-3,12-14H2,1H3,(H,25,28)(H,27,29). The van der Waals surface area contributed by atoms with Gasteiger partial charge in [0.1, 0.15) is 5.75 Å². The number of nitrogens with one attached hydrogen (secondary N) is 2. The van der Waals surface area contributed by atoms with Gasteiger partial charge in [0.25, 0.3) is 0 Å². The van der Waals surface area contributed by atoms with Crippen LogP contribution in [0.4, 0.5) is 5.69 Å². The van der Waals surface area contributed by atoms with Gasteiger partial charge in [0.2, 0.25) is 11.8 Å². The highest BCUT2D eigenvalue weighted by atomic mass is 35.5. The SMILES string of the molecule is COc1ccc(-c2cnc(CCC(=O)NCCCC(=O)Nc3ccc(Cl)cc3)o2)cc1. The first-order valence-corrected chi connectivity index (χ1v) is 10.3. The van der Waals surface area contributed by atoms with Gasteiger partial charge in [-0.2, -0.15) is 0 Å². The van der Waals surface area contributed by atoms with Crippen molar-refractivity contribution in [1.29, 1.82) is 0 Å². The lowest BCUT2D eigenvalue weighted by atomic mass is 10.2. The topological polar surface area (TPSA) is 93.5 Å². The molecule has 0 aliphatic carbocycles. The van der Waals surface area contributed by atoms with Crippen LogP contribution in [0.2, 0.25) is 5.02 Å². The molecule has 7 nitrogen and oxygen atoms in total. The van der Waals surface area contributed by atoms with Crippen molar-refractivity contribution >= 4 is 29.1 Å². The summed E-state index contributed by atoms with van der Waals surface area (Å²) in [6.07, 6.45) is 3.17. The van der Waals surface area contributed by atoms with Crippen molar-refractivity contribution in [3.05, 3.63) is 65.6 Å². The molecule has 0 radical (unpaired) electrons. The second-order valence-corrected chi connectivity index (χ2v) is 7.29. The molecule has 8 heteroatoms. The Morgan fingerprint density at radius 3 is 2.48 bits per heavy atom. The van der Waals surface area contributed by atoms with E-state index in [4.69, 9.17) is 20.8 Å². The van der Waals surface area contributed by atoms with Gasteiger partial charge in [-0.05, 0) is 55.0 Å². The van der Waals surface area contributed by atoms with Gasteiger partial charge in [-0.1, -0.05) is 11.6 Å².